The van der Waals surface area contributed by atoms with Crippen molar-refractivity contribution in [3.8, 4) is 0 Å². The van der Waals surface area contributed by atoms with Crippen molar-refractivity contribution in [1.29, 1.82) is 0 Å². The maximum absolute atomic E-state index is 4.51. The van der Waals surface area contributed by atoms with Gasteiger partial charge in [0.2, 0.25) is 0 Å². The Bertz CT molecular complexity index is 349. The minimum absolute atomic E-state index is 0.878. The van der Waals surface area contributed by atoms with Gasteiger partial charge in [-0.3, -0.25) is 4.98 Å². The van der Waals surface area contributed by atoms with E-state index in [1.54, 1.807) is 0 Å². The molecule has 2 heteroatoms. The third-order valence-corrected chi connectivity index (χ3v) is 3.73. The maximum atomic E-state index is 4.51. The molecule has 2 atom stereocenters. The average Bonchev–Trinajstić information content (AvgIpc) is 2.29. The SMILES string of the molecule is Cc1cccc(CNCC2CCCC(C)C2)n1. The molecule has 2 nitrogen and oxygen atoms in total. The molecule has 1 saturated carbocycles. The molecule has 17 heavy (non-hydrogen) atoms. The standard InChI is InChI=1S/C15H24N2/c1-12-5-3-7-14(9-12)10-16-11-15-8-4-6-13(2)17-15/h4,6,8,12,14,16H,3,5,7,9-11H2,1-2H3. The summed E-state index contributed by atoms with van der Waals surface area (Å²) in [4.78, 5) is 4.51. The van der Waals surface area contributed by atoms with E-state index in [1.807, 2.05) is 13.0 Å². The van der Waals surface area contributed by atoms with Crippen LogP contribution in [0.3, 0.4) is 0 Å². The van der Waals surface area contributed by atoms with Crippen LogP contribution in [0.25, 0.3) is 0 Å². The van der Waals surface area contributed by atoms with Crippen molar-refractivity contribution in [2.24, 2.45) is 11.8 Å². The first-order chi connectivity index (χ1) is 8.24. The van der Waals surface area contributed by atoms with Crippen LogP contribution in [-0.2, 0) is 6.54 Å². The van der Waals surface area contributed by atoms with Gasteiger partial charge in [0.1, 0.15) is 0 Å². The lowest BCUT2D eigenvalue weighted by Crippen LogP contribution is -2.26. The lowest BCUT2D eigenvalue weighted by atomic mass is 9.82. The van der Waals surface area contributed by atoms with E-state index in [0.717, 1.165) is 36.3 Å². The molecule has 1 aromatic rings. The molecule has 0 radical (unpaired) electrons. The van der Waals surface area contributed by atoms with Crippen molar-refractivity contribution in [2.45, 2.75) is 46.1 Å². The highest BCUT2D eigenvalue weighted by Gasteiger charge is 2.18. The van der Waals surface area contributed by atoms with Gasteiger partial charge in [-0.2, -0.15) is 0 Å². The molecule has 2 rings (SSSR count). The number of aromatic nitrogens is 1. The first-order valence-electron chi connectivity index (χ1n) is 6.87. The summed E-state index contributed by atoms with van der Waals surface area (Å²) in [6, 6.07) is 6.23. The molecular weight excluding hydrogens is 208 g/mol. The monoisotopic (exact) mass is 232 g/mol. The Morgan fingerprint density at radius 1 is 1.35 bits per heavy atom. The Kier molecular flexibility index (Phi) is 4.55. The van der Waals surface area contributed by atoms with E-state index < -0.39 is 0 Å². The molecule has 0 saturated heterocycles. The van der Waals surface area contributed by atoms with Gasteiger partial charge < -0.3 is 5.32 Å². The normalized spacial score (nSPS) is 24.8. The lowest BCUT2D eigenvalue weighted by Gasteiger charge is -2.26. The second kappa shape index (κ2) is 6.15. The van der Waals surface area contributed by atoms with Gasteiger partial charge in [-0.1, -0.05) is 25.8 Å². The first kappa shape index (κ1) is 12.6. The largest absolute Gasteiger partial charge is 0.311 e. The van der Waals surface area contributed by atoms with Gasteiger partial charge >= 0.3 is 0 Å². The zero-order valence-electron chi connectivity index (χ0n) is 11.1. The molecular formula is C15H24N2. The van der Waals surface area contributed by atoms with Crippen molar-refractivity contribution in [1.82, 2.24) is 10.3 Å². The Morgan fingerprint density at radius 3 is 3.00 bits per heavy atom. The fourth-order valence-corrected chi connectivity index (χ4v) is 2.85. The summed E-state index contributed by atoms with van der Waals surface area (Å²) in [7, 11) is 0. The van der Waals surface area contributed by atoms with E-state index in [9.17, 15) is 0 Å². The smallest absolute Gasteiger partial charge is 0.0544 e. The number of aryl methyl sites for hydroxylation is 1. The molecule has 94 valence electrons. The highest BCUT2D eigenvalue weighted by Crippen LogP contribution is 2.27. The Balaban J connectivity index is 1.72. The average molecular weight is 232 g/mol. The van der Waals surface area contributed by atoms with Gasteiger partial charge in [0, 0.05) is 12.2 Å². The summed E-state index contributed by atoms with van der Waals surface area (Å²) in [6.07, 6.45) is 5.64. The minimum atomic E-state index is 0.878. The molecule has 2 unspecified atom stereocenters. The zero-order valence-corrected chi connectivity index (χ0v) is 11.1. The van der Waals surface area contributed by atoms with E-state index in [-0.39, 0.29) is 0 Å². The Hall–Kier alpha value is -0.890. The van der Waals surface area contributed by atoms with Gasteiger partial charge in [-0.25, -0.2) is 0 Å². The van der Waals surface area contributed by atoms with Crippen molar-refractivity contribution < 1.29 is 0 Å². The molecule has 1 aromatic heterocycles. The van der Waals surface area contributed by atoms with Gasteiger partial charge in [0.15, 0.2) is 0 Å². The van der Waals surface area contributed by atoms with Crippen LogP contribution in [0.5, 0.6) is 0 Å². The van der Waals surface area contributed by atoms with Crippen LogP contribution in [-0.4, -0.2) is 11.5 Å². The summed E-state index contributed by atoms with van der Waals surface area (Å²) in [5, 5.41) is 3.56. The van der Waals surface area contributed by atoms with Gasteiger partial charge in [-0.05, 0) is 50.3 Å². The van der Waals surface area contributed by atoms with E-state index in [1.165, 1.54) is 25.7 Å². The summed E-state index contributed by atoms with van der Waals surface area (Å²) < 4.78 is 0. The molecule has 1 N–H and O–H groups in total. The quantitative estimate of drug-likeness (QED) is 0.861. The minimum Gasteiger partial charge on any atom is -0.311 e. The molecule has 0 bridgehead atoms. The lowest BCUT2D eigenvalue weighted by molar-refractivity contribution is 0.274. The second-order valence-corrected chi connectivity index (χ2v) is 5.54. The Labute approximate surface area is 105 Å². The third-order valence-electron chi connectivity index (χ3n) is 3.73. The van der Waals surface area contributed by atoms with Crippen LogP contribution in [0, 0.1) is 18.8 Å². The highest BCUT2D eigenvalue weighted by molar-refractivity contribution is 5.09. The van der Waals surface area contributed by atoms with Crippen molar-refractivity contribution in [2.75, 3.05) is 6.54 Å². The number of hydrogen-bond donors (Lipinski definition) is 1. The molecule has 1 aliphatic carbocycles. The number of rotatable bonds is 4. The van der Waals surface area contributed by atoms with Crippen LogP contribution < -0.4 is 5.32 Å². The van der Waals surface area contributed by atoms with E-state index >= 15 is 0 Å². The number of hydrogen-bond acceptors (Lipinski definition) is 2. The van der Waals surface area contributed by atoms with Gasteiger partial charge in [0.25, 0.3) is 0 Å². The van der Waals surface area contributed by atoms with E-state index in [4.69, 9.17) is 0 Å². The summed E-state index contributed by atoms with van der Waals surface area (Å²) >= 11 is 0. The van der Waals surface area contributed by atoms with Crippen LogP contribution in [0.15, 0.2) is 18.2 Å². The van der Waals surface area contributed by atoms with Crippen molar-refractivity contribution in [3.05, 3.63) is 29.6 Å². The van der Waals surface area contributed by atoms with Crippen LogP contribution in [0.2, 0.25) is 0 Å². The number of nitrogens with zero attached hydrogens (tertiary/aromatic N) is 1. The molecule has 1 fully saturated rings. The summed E-state index contributed by atoms with van der Waals surface area (Å²) in [5.41, 5.74) is 2.27. The summed E-state index contributed by atoms with van der Waals surface area (Å²) in [5.74, 6) is 1.80. The van der Waals surface area contributed by atoms with E-state index in [2.05, 4.69) is 29.4 Å². The van der Waals surface area contributed by atoms with Crippen molar-refractivity contribution in [3.63, 3.8) is 0 Å². The van der Waals surface area contributed by atoms with Crippen molar-refractivity contribution >= 4 is 0 Å². The predicted molar refractivity (Wildman–Crippen MR) is 71.8 cm³/mol. The number of nitrogens with one attached hydrogen (secondary N) is 1. The fourth-order valence-electron chi connectivity index (χ4n) is 2.85. The van der Waals surface area contributed by atoms with Crippen LogP contribution in [0.1, 0.15) is 44.0 Å². The predicted octanol–water partition coefficient (Wildman–Crippen LogP) is 3.31. The third kappa shape index (κ3) is 4.12. The highest BCUT2D eigenvalue weighted by atomic mass is 14.9. The van der Waals surface area contributed by atoms with E-state index in [0.29, 0.717) is 0 Å². The fraction of sp³-hybridized carbons (Fsp3) is 0.667. The molecule has 1 aliphatic rings. The van der Waals surface area contributed by atoms with Gasteiger partial charge in [0.05, 0.1) is 5.69 Å². The molecule has 1 heterocycles. The van der Waals surface area contributed by atoms with Crippen LogP contribution in [0.4, 0.5) is 0 Å². The maximum Gasteiger partial charge on any atom is 0.0544 e. The Morgan fingerprint density at radius 2 is 2.24 bits per heavy atom. The summed E-state index contributed by atoms with van der Waals surface area (Å²) in [6.45, 7) is 6.49. The topological polar surface area (TPSA) is 24.9 Å². The van der Waals surface area contributed by atoms with Gasteiger partial charge in [-0.15, -0.1) is 0 Å². The zero-order chi connectivity index (χ0) is 12.1. The first-order valence-corrected chi connectivity index (χ1v) is 6.87. The molecule has 0 aliphatic heterocycles. The second-order valence-electron chi connectivity index (χ2n) is 5.54. The van der Waals surface area contributed by atoms with Crippen LogP contribution >= 0.6 is 0 Å². The number of pyridine rings is 1. The molecule has 0 spiro atoms. The molecule has 0 aromatic carbocycles. The molecule has 0 amide bonds.